The van der Waals surface area contributed by atoms with Gasteiger partial charge in [0.25, 0.3) is 0 Å². The number of esters is 1. The second-order valence-electron chi connectivity index (χ2n) is 6.71. The van der Waals surface area contributed by atoms with Crippen LogP contribution >= 0.6 is 12.2 Å². The van der Waals surface area contributed by atoms with Crippen LogP contribution in [0, 0.1) is 6.92 Å². The molecular weight excluding hydrogens is 388 g/mol. The third-order valence-corrected chi connectivity index (χ3v) is 5.07. The smallest absolute Gasteiger partial charge is 0.337 e. The minimum absolute atomic E-state index is 0.0377. The molecule has 29 heavy (non-hydrogen) atoms. The van der Waals surface area contributed by atoms with E-state index in [4.69, 9.17) is 21.7 Å². The van der Waals surface area contributed by atoms with Crippen LogP contribution in [0.15, 0.2) is 53.7 Å². The molecule has 0 bridgehead atoms. The first-order valence-electron chi connectivity index (χ1n) is 9.29. The highest BCUT2D eigenvalue weighted by Gasteiger charge is 2.35. The largest absolute Gasteiger partial charge is 0.504 e. The summed E-state index contributed by atoms with van der Waals surface area (Å²) in [5, 5.41) is 13.7. The molecule has 0 aliphatic carbocycles. The first kappa shape index (κ1) is 20.7. The number of benzene rings is 2. The lowest BCUT2D eigenvalue weighted by Gasteiger charge is -2.37. The second kappa shape index (κ2) is 8.53. The number of anilines is 1. The zero-order valence-corrected chi connectivity index (χ0v) is 17.7. The zero-order valence-electron chi connectivity index (χ0n) is 16.9. The van der Waals surface area contributed by atoms with E-state index in [1.807, 2.05) is 49.9 Å². The number of nitrogens with one attached hydrogen (secondary N) is 1. The number of thiocarbonyl (C=S) groups is 1. The molecule has 0 spiro atoms. The number of carbonyl (C=O) groups is 1. The maximum Gasteiger partial charge on any atom is 0.337 e. The molecule has 6 nitrogen and oxygen atoms in total. The summed E-state index contributed by atoms with van der Waals surface area (Å²) in [6, 6.07) is 12.3. The molecule has 0 saturated carbocycles. The summed E-state index contributed by atoms with van der Waals surface area (Å²) in [5.74, 6) is -0.0671. The highest BCUT2D eigenvalue weighted by Crippen LogP contribution is 2.37. The number of rotatable bonds is 5. The predicted octanol–water partition coefficient (Wildman–Crippen LogP) is 3.98. The van der Waals surface area contributed by atoms with Gasteiger partial charge in [-0.2, -0.15) is 0 Å². The van der Waals surface area contributed by atoms with Crippen molar-refractivity contribution in [1.82, 2.24) is 5.32 Å². The van der Waals surface area contributed by atoms with E-state index in [0.717, 1.165) is 16.8 Å². The van der Waals surface area contributed by atoms with Crippen LogP contribution < -0.4 is 15.0 Å². The van der Waals surface area contributed by atoms with Crippen molar-refractivity contribution >= 4 is 29.0 Å². The van der Waals surface area contributed by atoms with Crippen LogP contribution in [0.5, 0.6) is 11.5 Å². The maximum absolute atomic E-state index is 12.7. The molecule has 1 unspecified atom stereocenters. The van der Waals surface area contributed by atoms with Gasteiger partial charge < -0.3 is 19.9 Å². The lowest BCUT2D eigenvalue weighted by molar-refractivity contribution is -0.136. The highest BCUT2D eigenvalue weighted by atomic mass is 32.1. The van der Waals surface area contributed by atoms with E-state index in [9.17, 15) is 9.90 Å². The van der Waals surface area contributed by atoms with Gasteiger partial charge in [-0.25, -0.2) is 4.79 Å². The van der Waals surface area contributed by atoms with Crippen LogP contribution in [-0.2, 0) is 9.53 Å². The first-order valence-corrected chi connectivity index (χ1v) is 9.70. The molecule has 0 fully saturated rings. The molecule has 1 atom stereocenters. The fraction of sp³-hybridized carbons (Fsp3) is 0.273. The quantitative estimate of drug-likeness (QED) is 0.568. The SMILES string of the molecule is CCOc1cc(C2NC(=S)N(c3cccc(C)c3)C(C)=C2C(=O)OC)ccc1O. The van der Waals surface area contributed by atoms with Crippen molar-refractivity contribution < 1.29 is 19.4 Å². The van der Waals surface area contributed by atoms with Gasteiger partial charge in [0.15, 0.2) is 16.6 Å². The molecule has 2 aromatic rings. The van der Waals surface area contributed by atoms with E-state index < -0.39 is 12.0 Å². The van der Waals surface area contributed by atoms with E-state index in [2.05, 4.69) is 5.32 Å². The summed E-state index contributed by atoms with van der Waals surface area (Å²) >= 11 is 5.64. The summed E-state index contributed by atoms with van der Waals surface area (Å²) in [7, 11) is 1.35. The molecule has 3 rings (SSSR count). The number of aryl methyl sites for hydroxylation is 1. The minimum atomic E-state index is -0.532. The molecule has 7 heteroatoms. The van der Waals surface area contributed by atoms with Crippen molar-refractivity contribution in [2.45, 2.75) is 26.8 Å². The number of phenolic OH excluding ortho intramolecular Hbond substituents is 1. The van der Waals surface area contributed by atoms with Crippen LogP contribution in [0.2, 0.25) is 0 Å². The van der Waals surface area contributed by atoms with E-state index in [1.54, 1.807) is 18.2 Å². The predicted molar refractivity (Wildman–Crippen MR) is 116 cm³/mol. The molecule has 1 aliphatic rings. The maximum atomic E-state index is 12.7. The number of aromatic hydroxyl groups is 1. The average Bonchev–Trinajstić information content (AvgIpc) is 2.69. The molecule has 2 N–H and O–H groups in total. The van der Waals surface area contributed by atoms with Crippen LogP contribution in [0.1, 0.15) is 31.0 Å². The normalized spacial score (nSPS) is 16.5. The van der Waals surface area contributed by atoms with Crippen molar-refractivity contribution in [3.63, 3.8) is 0 Å². The fourth-order valence-corrected chi connectivity index (χ4v) is 3.79. The van der Waals surface area contributed by atoms with E-state index in [-0.39, 0.29) is 5.75 Å². The first-order chi connectivity index (χ1) is 13.9. The van der Waals surface area contributed by atoms with Crippen LogP contribution in [0.25, 0.3) is 0 Å². The van der Waals surface area contributed by atoms with Gasteiger partial charge in [0.05, 0.1) is 25.3 Å². The number of nitrogens with zero attached hydrogens (tertiary/aromatic N) is 1. The van der Waals surface area contributed by atoms with Gasteiger partial charge in [0.1, 0.15) is 0 Å². The molecule has 0 amide bonds. The van der Waals surface area contributed by atoms with Gasteiger partial charge in [0.2, 0.25) is 0 Å². The summed E-state index contributed by atoms with van der Waals surface area (Å²) in [5.41, 5.74) is 3.80. The summed E-state index contributed by atoms with van der Waals surface area (Å²) in [4.78, 5) is 14.5. The van der Waals surface area contributed by atoms with Gasteiger partial charge >= 0.3 is 5.97 Å². The Labute approximate surface area is 175 Å². The molecule has 0 radical (unpaired) electrons. The molecule has 0 aromatic heterocycles. The molecule has 2 aromatic carbocycles. The number of methoxy groups -OCH3 is 1. The second-order valence-corrected chi connectivity index (χ2v) is 7.09. The van der Waals surface area contributed by atoms with E-state index in [0.29, 0.717) is 28.7 Å². The average molecular weight is 413 g/mol. The molecule has 152 valence electrons. The zero-order chi connectivity index (χ0) is 21.1. The summed E-state index contributed by atoms with van der Waals surface area (Å²) < 4.78 is 10.6. The van der Waals surface area contributed by atoms with Crippen molar-refractivity contribution in [2.75, 3.05) is 18.6 Å². The Morgan fingerprint density at radius 2 is 2.00 bits per heavy atom. The molecular formula is C22H24N2O4S. The number of ether oxygens (including phenoxy) is 2. The molecule has 0 saturated heterocycles. The Kier molecular flexibility index (Phi) is 6.08. The van der Waals surface area contributed by atoms with E-state index in [1.165, 1.54) is 7.11 Å². The fourth-order valence-electron chi connectivity index (χ4n) is 3.43. The monoisotopic (exact) mass is 412 g/mol. The van der Waals surface area contributed by atoms with Gasteiger partial charge in [0, 0.05) is 11.4 Å². The molecule has 1 aliphatic heterocycles. The summed E-state index contributed by atoms with van der Waals surface area (Å²) in [6.07, 6.45) is 0. The number of allylic oxidation sites excluding steroid dienone is 1. The van der Waals surface area contributed by atoms with Gasteiger partial charge in [-0.1, -0.05) is 18.2 Å². The van der Waals surface area contributed by atoms with Crippen LogP contribution in [0.3, 0.4) is 0 Å². The van der Waals surface area contributed by atoms with Crippen molar-refractivity contribution in [1.29, 1.82) is 0 Å². The Morgan fingerprint density at radius 3 is 2.66 bits per heavy atom. The number of carbonyl (C=O) groups excluding carboxylic acids is 1. The van der Waals surface area contributed by atoms with Crippen molar-refractivity contribution in [3.8, 4) is 11.5 Å². The van der Waals surface area contributed by atoms with Crippen molar-refractivity contribution in [2.24, 2.45) is 0 Å². The lowest BCUT2D eigenvalue weighted by Crippen LogP contribution is -2.48. The third-order valence-electron chi connectivity index (χ3n) is 4.77. The van der Waals surface area contributed by atoms with Gasteiger partial charge in [-0.3, -0.25) is 4.90 Å². The van der Waals surface area contributed by atoms with Gasteiger partial charge in [-0.05, 0) is 68.4 Å². The van der Waals surface area contributed by atoms with Crippen LogP contribution in [0.4, 0.5) is 5.69 Å². The Hall–Kier alpha value is -3.06. The summed E-state index contributed by atoms with van der Waals surface area (Å²) in [6.45, 7) is 6.09. The van der Waals surface area contributed by atoms with Crippen LogP contribution in [-0.4, -0.2) is 29.9 Å². The van der Waals surface area contributed by atoms with Gasteiger partial charge in [-0.15, -0.1) is 0 Å². The molecule has 1 heterocycles. The standard InChI is InChI=1S/C22H24N2O4S/c1-5-28-18-12-15(9-10-17(18)25)20-19(21(26)27-4)14(3)24(22(29)23-20)16-8-6-7-13(2)11-16/h6-12,20,25H,5H2,1-4H3,(H,23,29). The Morgan fingerprint density at radius 1 is 1.24 bits per heavy atom. The minimum Gasteiger partial charge on any atom is -0.504 e. The Bertz CT molecular complexity index is 987. The third kappa shape index (κ3) is 4.05. The lowest BCUT2D eigenvalue weighted by atomic mass is 9.94. The number of hydrogen-bond acceptors (Lipinski definition) is 5. The Balaban J connectivity index is 2.13. The van der Waals surface area contributed by atoms with E-state index >= 15 is 0 Å². The topological polar surface area (TPSA) is 71.0 Å². The highest BCUT2D eigenvalue weighted by molar-refractivity contribution is 7.80. The number of phenols is 1. The number of hydrogen-bond donors (Lipinski definition) is 2. The van der Waals surface area contributed by atoms with Crippen molar-refractivity contribution in [3.05, 3.63) is 64.9 Å².